The lowest BCUT2D eigenvalue weighted by Gasteiger charge is -2.21. The lowest BCUT2D eigenvalue weighted by atomic mass is 10.1. The van der Waals surface area contributed by atoms with Crippen LogP contribution < -0.4 is 5.32 Å². The normalized spacial score (nSPS) is 15.0. The summed E-state index contributed by atoms with van der Waals surface area (Å²) in [5.41, 5.74) is 3.44. The number of rotatable bonds is 5. The number of carbonyl (C=O) groups excluding carboxylic acids is 2. The topological polar surface area (TPSA) is 65.5 Å². The smallest absolute Gasteiger partial charge is 0.254 e. The van der Waals surface area contributed by atoms with E-state index in [2.05, 4.69) is 15.2 Å². The van der Waals surface area contributed by atoms with Crippen molar-refractivity contribution in [2.24, 2.45) is 0 Å². The van der Waals surface area contributed by atoms with Crippen molar-refractivity contribution in [1.29, 1.82) is 0 Å². The van der Waals surface area contributed by atoms with Crippen molar-refractivity contribution < 1.29 is 9.59 Å². The molecular weight excluding hydrogens is 416 g/mol. The summed E-state index contributed by atoms with van der Waals surface area (Å²) in [5, 5.41) is 9.86. The molecule has 0 unspecified atom stereocenters. The van der Waals surface area contributed by atoms with Gasteiger partial charge in [-0.1, -0.05) is 12.1 Å². The second-order valence-corrected chi connectivity index (χ2v) is 9.16. The Morgan fingerprint density at radius 1 is 1.13 bits per heavy atom. The van der Waals surface area contributed by atoms with Crippen LogP contribution in [0.25, 0.3) is 11.3 Å². The Labute approximate surface area is 184 Å². The van der Waals surface area contributed by atoms with E-state index >= 15 is 0 Å². The van der Waals surface area contributed by atoms with E-state index in [9.17, 15) is 9.59 Å². The van der Waals surface area contributed by atoms with Crippen LogP contribution in [0.1, 0.15) is 21.8 Å². The second kappa shape index (κ2) is 9.51. The number of hydrogen-bond donors (Lipinski definition) is 1. The number of amides is 2. The number of anilines is 1. The molecule has 0 bridgehead atoms. The van der Waals surface area contributed by atoms with Gasteiger partial charge in [0.25, 0.3) is 5.91 Å². The van der Waals surface area contributed by atoms with Gasteiger partial charge in [0.15, 0.2) is 0 Å². The zero-order chi connectivity index (χ0) is 20.9. The van der Waals surface area contributed by atoms with Gasteiger partial charge in [-0.25, -0.2) is 4.98 Å². The standard InChI is InChI=1S/C22H24N4O2S2/c1-16-23-20(15-30-16)17-4-2-5-19(12-17)24-21(27)13-25-7-3-8-26(10-9-25)22(28)18-6-11-29-14-18/h2,4-6,11-12,14-15H,3,7-10,13H2,1H3,(H,24,27). The zero-order valence-corrected chi connectivity index (χ0v) is 18.5. The van der Waals surface area contributed by atoms with E-state index in [0.717, 1.165) is 47.0 Å². The van der Waals surface area contributed by atoms with Crippen molar-refractivity contribution in [2.75, 3.05) is 38.0 Å². The number of aromatic nitrogens is 1. The van der Waals surface area contributed by atoms with Crippen molar-refractivity contribution >= 4 is 40.2 Å². The fourth-order valence-electron chi connectivity index (χ4n) is 3.56. The van der Waals surface area contributed by atoms with Crippen molar-refractivity contribution in [3.63, 3.8) is 0 Å². The summed E-state index contributed by atoms with van der Waals surface area (Å²) in [6, 6.07) is 9.64. The van der Waals surface area contributed by atoms with Crippen LogP contribution in [0.3, 0.4) is 0 Å². The Morgan fingerprint density at radius 2 is 2.03 bits per heavy atom. The van der Waals surface area contributed by atoms with E-state index < -0.39 is 0 Å². The van der Waals surface area contributed by atoms with E-state index in [1.54, 1.807) is 11.3 Å². The molecule has 0 saturated carbocycles. The molecule has 156 valence electrons. The molecule has 4 rings (SSSR count). The van der Waals surface area contributed by atoms with Gasteiger partial charge in [-0.2, -0.15) is 11.3 Å². The van der Waals surface area contributed by atoms with Crippen molar-refractivity contribution in [1.82, 2.24) is 14.8 Å². The molecule has 3 aromatic rings. The minimum Gasteiger partial charge on any atom is -0.337 e. The Balaban J connectivity index is 1.32. The molecule has 1 aliphatic rings. The van der Waals surface area contributed by atoms with E-state index in [1.807, 2.05) is 58.3 Å². The van der Waals surface area contributed by atoms with Crippen LogP contribution >= 0.6 is 22.7 Å². The molecule has 1 aliphatic heterocycles. The number of thiazole rings is 1. The molecule has 1 fully saturated rings. The van der Waals surface area contributed by atoms with Crippen LogP contribution in [0.5, 0.6) is 0 Å². The number of hydrogen-bond acceptors (Lipinski definition) is 6. The van der Waals surface area contributed by atoms with Crippen LogP contribution in [-0.4, -0.2) is 59.3 Å². The maximum atomic E-state index is 12.6. The van der Waals surface area contributed by atoms with Gasteiger partial charge in [0.2, 0.25) is 5.91 Å². The maximum absolute atomic E-state index is 12.6. The highest BCUT2D eigenvalue weighted by Crippen LogP contribution is 2.24. The molecule has 0 radical (unpaired) electrons. The van der Waals surface area contributed by atoms with E-state index in [4.69, 9.17) is 0 Å². The molecule has 0 atom stereocenters. The van der Waals surface area contributed by atoms with E-state index in [0.29, 0.717) is 19.6 Å². The molecule has 0 spiro atoms. The maximum Gasteiger partial charge on any atom is 0.254 e. The second-order valence-electron chi connectivity index (χ2n) is 7.31. The fourth-order valence-corrected chi connectivity index (χ4v) is 4.81. The number of carbonyl (C=O) groups is 2. The van der Waals surface area contributed by atoms with Gasteiger partial charge >= 0.3 is 0 Å². The fraction of sp³-hybridized carbons (Fsp3) is 0.318. The molecule has 2 amide bonds. The molecule has 2 aromatic heterocycles. The Hall–Kier alpha value is -2.55. The number of benzene rings is 1. The number of nitrogens with one attached hydrogen (secondary N) is 1. The molecule has 1 aromatic carbocycles. The highest BCUT2D eigenvalue weighted by atomic mass is 32.1. The van der Waals surface area contributed by atoms with Crippen LogP contribution in [0, 0.1) is 6.92 Å². The first-order valence-electron chi connectivity index (χ1n) is 9.95. The lowest BCUT2D eigenvalue weighted by Crippen LogP contribution is -2.37. The number of aryl methyl sites for hydroxylation is 1. The van der Waals surface area contributed by atoms with Crippen molar-refractivity contribution in [3.05, 3.63) is 57.0 Å². The summed E-state index contributed by atoms with van der Waals surface area (Å²) < 4.78 is 0. The predicted molar refractivity (Wildman–Crippen MR) is 122 cm³/mol. The molecular formula is C22H24N4O2S2. The highest BCUT2D eigenvalue weighted by Gasteiger charge is 2.21. The monoisotopic (exact) mass is 440 g/mol. The third-order valence-corrected chi connectivity index (χ3v) is 6.53. The van der Waals surface area contributed by atoms with Gasteiger partial charge in [0.1, 0.15) is 0 Å². The molecule has 8 heteroatoms. The van der Waals surface area contributed by atoms with Gasteiger partial charge in [0, 0.05) is 48.2 Å². The Kier molecular flexibility index (Phi) is 6.56. The van der Waals surface area contributed by atoms with Crippen LogP contribution in [-0.2, 0) is 4.79 Å². The third-order valence-electron chi connectivity index (χ3n) is 5.07. The summed E-state index contributed by atoms with van der Waals surface area (Å²) in [6.07, 6.45) is 0.863. The first-order chi connectivity index (χ1) is 14.6. The largest absolute Gasteiger partial charge is 0.337 e. The van der Waals surface area contributed by atoms with E-state index in [-0.39, 0.29) is 11.8 Å². The van der Waals surface area contributed by atoms with Gasteiger partial charge in [-0.15, -0.1) is 11.3 Å². The molecule has 3 heterocycles. The van der Waals surface area contributed by atoms with Gasteiger partial charge in [-0.3, -0.25) is 14.5 Å². The Bertz CT molecular complexity index is 1020. The summed E-state index contributed by atoms with van der Waals surface area (Å²) >= 11 is 3.15. The quantitative estimate of drug-likeness (QED) is 0.652. The Morgan fingerprint density at radius 3 is 2.80 bits per heavy atom. The minimum atomic E-state index is -0.0424. The first kappa shape index (κ1) is 20.7. The third kappa shape index (κ3) is 5.13. The summed E-state index contributed by atoms with van der Waals surface area (Å²) in [7, 11) is 0. The van der Waals surface area contributed by atoms with Crippen LogP contribution in [0.2, 0.25) is 0 Å². The van der Waals surface area contributed by atoms with Crippen LogP contribution in [0.4, 0.5) is 5.69 Å². The minimum absolute atomic E-state index is 0.0424. The van der Waals surface area contributed by atoms with Gasteiger partial charge < -0.3 is 10.2 Å². The zero-order valence-electron chi connectivity index (χ0n) is 16.8. The highest BCUT2D eigenvalue weighted by molar-refractivity contribution is 7.09. The average molecular weight is 441 g/mol. The molecule has 30 heavy (non-hydrogen) atoms. The molecule has 1 saturated heterocycles. The molecule has 6 nitrogen and oxygen atoms in total. The number of nitrogens with zero attached hydrogens (tertiary/aromatic N) is 3. The molecule has 1 N–H and O–H groups in total. The predicted octanol–water partition coefficient (Wildman–Crippen LogP) is 3.97. The van der Waals surface area contributed by atoms with Gasteiger partial charge in [-0.05, 0) is 36.9 Å². The SMILES string of the molecule is Cc1nc(-c2cccc(NC(=O)CN3CCCN(C(=O)c4ccsc4)CC3)c2)cs1. The van der Waals surface area contributed by atoms with E-state index in [1.165, 1.54) is 11.3 Å². The lowest BCUT2D eigenvalue weighted by molar-refractivity contribution is -0.117. The average Bonchev–Trinajstić information content (AvgIpc) is 3.37. The number of thiophene rings is 1. The van der Waals surface area contributed by atoms with Crippen LogP contribution in [0.15, 0.2) is 46.5 Å². The van der Waals surface area contributed by atoms with Crippen molar-refractivity contribution in [3.8, 4) is 11.3 Å². The summed E-state index contributed by atoms with van der Waals surface area (Å²) in [4.78, 5) is 33.7. The molecule has 0 aliphatic carbocycles. The summed E-state index contributed by atoms with van der Waals surface area (Å²) in [6.45, 7) is 5.17. The summed E-state index contributed by atoms with van der Waals surface area (Å²) in [5.74, 6) is 0.0378. The first-order valence-corrected chi connectivity index (χ1v) is 11.8. The van der Waals surface area contributed by atoms with Gasteiger partial charge in [0.05, 0.1) is 22.8 Å². The van der Waals surface area contributed by atoms with Crippen molar-refractivity contribution in [2.45, 2.75) is 13.3 Å².